The molecule has 0 spiro atoms. The fraction of sp³-hybridized carbons (Fsp3) is 0.900. The van der Waals surface area contributed by atoms with Crippen molar-refractivity contribution in [1.29, 1.82) is 0 Å². The van der Waals surface area contributed by atoms with E-state index in [4.69, 9.17) is 9.47 Å². The second-order valence-electron chi connectivity index (χ2n) is 9.19. The fourth-order valence-electron chi connectivity index (χ4n) is 5.10. The molecule has 0 radical (unpaired) electrons. The molecule has 0 amide bonds. The van der Waals surface area contributed by atoms with Crippen LogP contribution in [0.1, 0.15) is 73.1 Å². The standard InChI is InChI=1S/C20H32O4/c1-6-19(3,4)18(22)23-12(2)17(21)24-20(5)15-8-13-7-14(10-15)11-16(20)9-13/h12-16H,6-11H2,1-5H3. The highest BCUT2D eigenvalue weighted by atomic mass is 16.6. The highest BCUT2D eigenvalue weighted by Gasteiger charge is 2.57. The molecule has 0 saturated heterocycles. The first kappa shape index (κ1) is 17.8. The van der Waals surface area contributed by atoms with Gasteiger partial charge < -0.3 is 9.47 Å². The zero-order chi connectivity index (χ0) is 17.7. The molecule has 0 aromatic rings. The Hall–Kier alpha value is -1.06. The van der Waals surface area contributed by atoms with E-state index < -0.39 is 11.5 Å². The maximum absolute atomic E-state index is 12.6. The number of hydrogen-bond donors (Lipinski definition) is 0. The summed E-state index contributed by atoms with van der Waals surface area (Å²) in [6, 6.07) is 0. The third kappa shape index (κ3) is 2.97. The van der Waals surface area contributed by atoms with Crippen molar-refractivity contribution in [1.82, 2.24) is 0 Å². The number of esters is 2. The van der Waals surface area contributed by atoms with Gasteiger partial charge in [-0.15, -0.1) is 0 Å². The summed E-state index contributed by atoms with van der Waals surface area (Å²) >= 11 is 0. The topological polar surface area (TPSA) is 52.6 Å². The third-order valence-electron chi connectivity index (χ3n) is 7.13. The Labute approximate surface area is 145 Å². The quantitative estimate of drug-likeness (QED) is 0.709. The molecule has 4 aliphatic rings. The molecule has 24 heavy (non-hydrogen) atoms. The van der Waals surface area contributed by atoms with Gasteiger partial charge in [-0.2, -0.15) is 0 Å². The molecule has 1 atom stereocenters. The van der Waals surface area contributed by atoms with Gasteiger partial charge in [0, 0.05) is 0 Å². The number of carbonyl (C=O) groups excluding carboxylic acids is 2. The Balaban J connectivity index is 1.63. The van der Waals surface area contributed by atoms with Crippen LogP contribution in [-0.4, -0.2) is 23.6 Å². The summed E-state index contributed by atoms with van der Waals surface area (Å²) in [5, 5.41) is 0. The molecule has 0 aromatic heterocycles. The van der Waals surface area contributed by atoms with Crippen molar-refractivity contribution in [3.63, 3.8) is 0 Å². The Morgan fingerprint density at radius 2 is 1.58 bits per heavy atom. The second-order valence-corrected chi connectivity index (χ2v) is 9.19. The van der Waals surface area contributed by atoms with Gasteiger partial charge in [0.2, 0.25) is 0 Å². The number of ether oxygens (including phenoxy) is 2. The van der Waals surface area contributed by atoms with Gasteiger partial charge in [-0.05, 0) is 89.9 Å². The summed E-state index contributed by atoms with van der Waals surface area (Å²) in [7, 11) is 0. The van der Waals surface area contributed by atoms with Crippen molar-refractivity contribution in [3.05, 3.63) is 0 Å². The lowest BCUT2D eigenvalue weighted by Crippen LogP contribution is -2.58. The number of carbonyl (C=O) groups is 2. The third-order valence-corrected chi connectivity index (χ3v) is 7.13. The van der Waals surface area contributed by atoms with E-state index in [9.17, 15) is 9.59 Å². The van der Waals surface area contributed by atoms with Crippen molar-refractivity contribution >= 4 is 11.9 Å². The monoisotopic (exact) mass is 336 g/mol. The molecular weight excluding hydrogens is 304 g/mol. The average molecular weight is 336 g/mol. The minimum absolute atomic E-state index is 0.329. The highest BCUT2D eigenvalue weighted by Crippen LogP contribution is 2.59. The number of hydrogen-bond acceptors (Lipinski definition) is 4. The van der Waals surface area contributed by atoms with Crippen LogP contribution in [0, 0.1) is 29.1 Å². The maximum Gasteiger partial charge on any atom is 0.347 e. The van der Waals surface area contributed by atoms with E-state index >= 15 is 0 Å². The van der Waals surface area contributed by atoms with Crippen molar-refractivity contribution in [2.24, 2.45) is 29.1 Å². The molecule has 136 valence electrons. The van der Waals surface area contributed by atoms with Crippen molar-refractivity contribution < 1.29 is 19.1 Å². The van der Waals surface area contributed by atoms with Gasteiger partial charge in [-0.1, -0.05) is 6.92 Å². The zero-order valence-electron chi connectivity index (χ0n) is 15.8. The van der Waals surface area contributed by atoms with Crippen LogP contribution in [0.25, 0.3) is 0 Å². The minimum Gasteiger partial charge on any atom is -0.456 e. The molecule has 4 fully saturated rings. The summed E-state index contributed by atoms with van der Waals surface area (Å²) in [6.45, 7) is 9.37. The van der Waals surface area contributed by atoms with Crippen LogP contribution < -0.4 is 0 Å². The first-order chi connectivity index (χ1) is 11.2. The maximum atomic E-state index is 12.6. The molecular formula is C20H32O4. The van der Waals surface area contributed by atoms with E-state index in [1.807, 2.05) is 20.8 Å². The zero-order valence-corrected chi connectivity index (χ0v) is 15.8. The van der Waals surface area contributed by atoms with Crippen molar-refractivity contribution in [2.75, 3.05) is 0 Å². The number of rotatable bonds is 5. The Kier molecular flexibility index (Phi) is 4.46. The predicted molar refractivity (Wildman–Crippen MR) is 91.2 cm³/mol. The lowest BCUT2D eigenvalue weighted by atomic mass is 9.50. The van der Waals surface area contributed by atoms with Gasteiger partial charge in [0.1, 0.15) is 5.60 Å². The van der Waals surface area contributed by atoms with Crippen LogP contribution in [0.15, 0.2) is 0 Å². The molecule has 0 aromatic carbocycles. The normalized spacial score (nSPS) is 38.7. The molecule has 4 saturated carbocycles. The summed E-state index contributed by atoms with van der Waals surface area (Å²) in [4.78, 5) is 24.8. The van der Waals surface area contributed by atoms with Crippen LogP contribution >= 0.6 is 0 Å². The van der Waals surface area contributed by atoms with Crippen LogP contribution in [0.5, 0.6) is 0 Å². The van der Waals surface area contributed by atoms with E-state index in [1.165, 1.54) is 32.1 Å². The average Bonchev–Trinajstić information content (AvgIpc) is 2.51. The van der Waals surface area contributed by atoms with Gasteiger partial charge in [-0.25, -0.2) is 4.79 Å². The van der Waals surface area contributed by atoms with Gasteiger partial charge in [0.05, 0.1) is 5.41 Å². The SMILES string of the molecule is CCC(C)(C)C(=O)OC(C)C(=O)OC1(C)C2CC3CC(C2)CC1C3. The predicted octanol–water partition coefficient (Wildman–Crippen LogP) is 4.11. The Morgan fingerprint density at radius 3 is 2.04 bits per heavy atom. The Bertz CT molecular complexity index is 494. The molecule has 4 nitrogen and oxygen atoms in total. The van der Waals surface area contributed by atoms with Crippen LogP contribution in [0.4, 0.5) is 0 Å². The minimum atomic E-state index is -0.836. The van der Waals surface area contributed by atoms with E-state index in [1.54, 1.807) is 6.92 Å². The molecule has 4 rings (SSSR count). The lowest BCUT2D eigenvalue weighted by Gasteiger charge is -2.59. The van der Waals surface area contributed by atoms with Gasteiger partial charge in [-0.3, -0.25) is 4.79 Å². The van der Waals surface area contributed by atoms with E-state index in [2.05, 4.69) is 6.92 Å². The van der Waals surface area contributed by atoms with E-state index in [0.29, 0.717) is 18.3 Å². The summed E-state index contributed by atoms with van der Waals surface area (Å²) in [5.41, 5.74) is -0.938. The highest BCUT2D eigenvalue weighted by molar-refractivity contribution is 5.81. The van der Waals surface area contributed by atoms with Gasteiger partial charge in [0.15, 0.2) is 6.10 Å². The molecule has 0 aliphatic heterocycles. The Morgan fingerprint density at radius 1 is 1.08 bits per heavy atom. The molecule has 0 N–H and O–H groups in total. The summed E-state index contributed by atoms with van der Waals surface area (Å²) in [6.07, 6.45) is 5.97. The molecule has 4 aliphatic carbocycles. The molecule has 4 heteroatoms. The van der Waals surface area contributed by atoms with Gasteiger partial charge in [0.25, 0.3) is 0 Å². The van der Waals surface area contributed by atoms with E-state index in [0.717, 1.165) is 11.8 Å². The van der Waals surface area contributed by atoms with Crippen LogP contribution in [0.3, 0.4) is 0 Å². The first-order valence-corrected chi connectivity index (χ1v) is 9.59. The van der Waals surface area contributed by atoms with E-state index in [-0.39, 0.29) is 17.5 Å². The first-order valence-electron chi connectivity index (χ1n) is 9.59. The van der Waals surface area contributed by atoms with Crippen molar-refractivity contribution in [2.45, 2.75) is 84.8 Å². The van der Waals surface area contributed by atoms with Gasteiger partial charge >= 0.3 is 11.9 Å². The van der Waals surface area contributed by atoms with Crippen LogP contribution in [0.2, 0.25) is 0 Å². The smallest absolute Gasteiger partial charge is 0.347 e. The van der Waals surface area contributed by atoms with Crippen LogP contribution in [-0.2, 0) is 19.1 Å². The lowest BCUT2D eigenvalue weighted by molar-refractivity contribution is -0.213. The summed E-state index contributed by atoms with van der Waals surface area (Å²) < 4.78 is 11.4. The molecule has 1 unspecified atom stereocenters. The molecule has 0 heterocycles. The molecule has 4 bridgehead atoms. The second kappa shape index (κ2) is 6.03. The largest absolute Gasteiger partial charge is 0.456 e. The van der Waals surface area contributed by atoms with Crippen molar-refractivity contribution in [3.8, 4) is 0 Å². The fourth-order valence-corrected chi connectivity index (χ4v) is 5.10. The summed E-state index contributed by atoms with van der Waals surface area (Å²) in [5.74, 6) is 1.91.